The Balaban J connectivity index is 2.16. The molecule has 1 heterocycles. The smallest absolute Gasteiger partial charge is 0.110 e. The quantitative estimate of drug-likeness (QED) is 0.822. The molecule has 1 fully saturated rings. The highest BCUT2D eigenvalue weighted by molar-refractivity contribution is 5.80. The van der Waals surface area contributed by atoms with E-state index in [0.717, 1.165) is 17.6 Å². The van der Waals surface area contributed by atoms with Crippen LogP contribution in [0.5, 0.6) is 0 Å². The Hall–Kier alpha value is -1.51. The van der Waals surface area contributed by atoms with Crippen LogP contribution >= 0.6 is 0 Å². The van der Waals surface area contributed by atoms with Gasteiger partial charge in [-0.2, -0.15) is 0 Å². The number of fused-ring (bicyclic) bond motifs is 1. The van der Waals surface area contributed by atoms with Gasteiger partial charge < -0.3 is 10.3 Å². The molecule has 2 N–H and O–H groups in total. The highest BCUT2D eigenvalue weighted by atomic mass is 15.1. The fourth-order valence-electron chi connectivity index (χ4n) is 2.41. The van der Waals surface area contributed by atoms with Gasteiger partial charge in [-0.15, -0.1) is 0 Å². The van der Waals surface area contributed by atoms with Crippen LogP contribution in [0.15, 0.2) is 18.2 Å². The molecular weight excluding hydrogens is 210 g/mol. The van der Waals surface area contributed by atoms with Gasteiger partial charge in [0.2, 0.25) is 0 Å². The van der Waals surface area contributed by atoms with E-state index in [9.17, 15) is 0 Å². The topological polar surface area (TPSA) is 43.8 Å². The number of rotatable bonds is 3. The Bertz CT molecular complexity index is 550. The summed E-state index contributed by atoms with van der Waals surface area (Å²) in [7, 11) is 0. The van der Waals surface area contributed by atoms with E-state index in [-0.39, 0.29) is 0 Å². The van der Waals surface area contributed by atoms with Crippen molar-refractivity contribution in [1.29, 1.82) is 0 Å². The molecule has 0 atom stereocenters. The predicted molar refractivity (Wildman–Crippen MR) is 71.0 cm³/mol. The van der Waals surface area contributed by atoms with Gasteiger partial charge in [-0.3, -0.25) is 0 Å². The molecule has 3 rings (SSSR count). The van der Waals surface area contributed by atoms with Crippen molar-refractivity contribution in [2.75, 3.05) is 5.73 Å². The number of hydrogen-bond donors (Lipinski definition) is 1. The molecule has 3 heteroatoms. The van der Waals surface area contributed by atoms with Crippen molar-refractivity contribution in [3.63, 3.8) is 0 Å². The molecule has 0 amide bonds. The molecule has 1 aliphatic carbocycles. The lowest BCUT2D eigenvalue weighted by atomic mass is 10.1. The normalized spacial score (nSPS) is 15.9. The van der Waals surface area contributed by atoms with Gasteiger partial charge in [0.15, 0.2) is 0 Å². The lowest BCUT2D eigenvalue weighted by Gasteiger charge is -2.09. The third kappa shape index (κ3) is 1.90. The highest BCUT2D eigenvalue weighted by Gasteiger charge is 2.28. The zero-order valence-corrected chi connectivity index (χ0v) is 10.5. The molecule has 1 aliphatic rings. The van der Waals surface area contributed by atoms with Gasteiger partial charge in [0.1, 0.15) is 5.82 Å². The second-order valence-electron chi connectivity index (χ2n) is 5.48. The first-order valence-electron chi connectivity index (χ1n) is 6.41. The molecule has 1 saturated carbocycles. The zero-order chi connectivity index (χ0) is 12.0. The summed E-state index contributed by atoms with van der Waals surface area (Å²) < 4.78 is 2.41. The lowest BCUT2D eigenvalue weighted by molar-refractivity contribution is 0.585. The van der Waals surface area contributed by atoms with Crippen molar-refractivity contribution in [3.8, 4) is 0 Å². The molecule has 0 spiro atoms. The van der Waals surface area contributed by atoms with E-state index in [2.05, 4.69) is 24.5 Å². The van der Waals surface area contributed by atoms with Crippen molar-refractivity contribution in [2.45, 2.75) is 39.2 Å². The first kappa shape index (κ1) is 10.6. The first-order valence-corrected chi connectivity index (χ1v) is 6.41. The fourth-order valence-corrected chi connectivity index (χ4v) is 2.41. The van der Waals surface area contributed by atoms with Crippen LogP contribution in [0.4, 0.5) is 5.69 Å². The van der Waals surface area contributed by atoms with E-state index in [1.165, 1.54) is 24.2 Å². The van der Waals surface area contributed by atoms with Crippen molar-refractivity contribution in [2.24, 2.45) is 5.92 Å². The van der Waals surface area contributed by atoms with Crippen LogP contribution in [0.3, 0.4) is 0 Å². The molecule has 1 aromatic carbocycles. The highest BCUT2D eigenvalue weighted by Crippen LogP contribution is 2.39. The van der Waals surface area contributed by atoms with Gasteiger partial charge in [0.25, 0.3) is 0 Å². The molecule has 17 heavy (non-hydrogen) atoms. The van der Waals surface area contributed by atoms with Crippen LogP contribution in [0.1, 0.15) is 38.6 Å². The van der Waals surface area contributed by atoms with E-state index in [1.54, 1.807) is 0 Å². The summed E-state index contributed by atoms with van der Waals surface area (Å²) in [5, 5.41) is 0. The number of imidazole rings is 1. The number of aromatic nitrogens is 2. The van der Waals surface area contributed by atoms with Crippen LogP contribution in [-0.4, -0.2) is 9.55 Å². The number of benzene rings is 1. The SMILES string of the molecule is CC(C)Cc1nc2ccc(N)cc2n1C1CC1. The molecule has 0 bridgehead atoms. The van der Waals surface area contributed by atoms with Gasteiger partial charge in [0, 0.05) is 18.2 Å². The number of nitrogens with zero attached hydrogens (tertiary/aromatic N) is 2. The van der Waals surface area contributed by atoms with Gasteiger partial charge in [-0.25, -0.2) is 4.98 Å². The standard InChI is InChI=1S/C14H19N3/c1-9(2)7-14-16-12-6-3-10(15)8-13(12)17(14)11-4-5-11/h3,6,8-9,11H,4-5,7,15H2,1-2H3. The maximum atomic E-state index is 5.88. The number of nitrogens with two attached hydrogens (primary N) is 1. The molecular formula is C14H19N3. The summed E-state index contributed by atoms with van der Waals surface area (Å²) in [5.74, 6) is 1.87. The van der Waals surface area contributed by atoms with Gasteiger partial charge in [0.05, 0.1) is 11.0 Å². The number of nitrogen functional groups attached to an aromatic ring is 1. The second-order valence-corrected chi connectivity index (χ2v) is 5.48. The average molecular weight is 229 g/mol. The van der Waals surface area contributed by atoms with Crippen LogP contribution in [0.2, 0.25) is 0 Å². The van der Waals surface area contributed by atoms with E-state index in [4.69, 9.17) is 10.7 Å². The average Bonchev–Trinajstić information content (AvgIpc) is 3.01. The fraction of sp³-hybridized carbons (Fsp3) is 0.500. The largest absolute Gasteiger partial charge is 0.399 e. The van der Waals surface area contributed by atoms with E-state index in [0.29, 0.717) is 12.0 Å². The summed E-state index contributed by atoms with van der Waals surface area (Å²) in [6, 6.07) is 6.69. The number of hydrogen-bond acceptors (Lipinski definition) is 2. The third-order valence-corrected chi connectivity index (χ3v) is 3.29. The van der Waals surface area contributed by atoms with Gasteiger partial charge in [-0.1, -0.05) is 13.8 Å². The van der Waals surface area contributed by atoms with Crippen LogP contribution in [0, 0.1) is 5.92 Å². The Labute approximate surface area is 102 Å². The van der Waals surface area contributed by atoms with E-state index >= 15 is 0 Å². The van der Waals surface area contributed by atoms with Crippen molar-refractivity contribution >= 4 is 16.7 Å². The first-order chi connectivity index (χ1) is 8.15. The minimum absolute atomic E-state index is 0.640. The summed E-state index contributed by atoms with van der Waals surface area (Å²) in [5.41, 5.74) is 9.01. The summed E-state index contributed by atoms with van der Waals surface area (Å²) in [6.45, 7) is 4.48. The van der Waals surface area contributed by atoms with E-state index in [1.807, 2.05) is 12.1 Å². The van der Waals surface area contributed by atoms with Crippen molar-refractivity contribution < 1.29 is 0 Å². The number of anilines is 1. The minimum atomic E-state index is 0.640. The van der Waals surface area contributed by atoms with Crippen LogP contribution < -0.4 is 5.73 Å². The monoisotopic (exact) mass is 229 g/mol. The second kappa shape index (κ2) is 3.76. The maximum Gasteiger partial charge on any atom is 0.110 e. The Morgan fingerprint density at radius 1 is 1.41 bits per heavy atom. The molecule has 2 aromatic rings. The predicted octanol–water partition coefficient (Wildman–Crippen LogP) is 3.15. The molecule has 3 nitrogen and oxygen atoms in total. The third-order valence-electron chi connectivity index (χ3n) is 3.29. The molecule has 0 unspecified atom stereocenters. The van der Waals surface area contributed by atoms with Crippen LogP contribution in [-0.2, 0) is 6.42 Å². The lowest BCUT2D eigenvalue weighted by Crippen LogP contribution is -2.05. The van der Waals surface area contributed by atoms with Crippen LogP contribution in [0.25, 0.3) is 11.0 Å². The Kier molecular flexibility index (Phi) is 2.35. The molecule has 90 valence electrons. The van der Waals surface area contributed by atoms with E-state index < -0.39 is 0 Å². The summed E-state index contributed by atoms with van der Waals surface area (Å²) >= 11 is 0. The minimum Gasteiger partial charge on any atom is -0.399 e. The Morgan fingerprint density at radius 2 is 2.18 bits per heavy atom. The molecule has 1 aromatic heterocycles. The summed E-state index contributed by atoms with van der Waals surface area (Å²) in [4.78, 5) is 4.76. The Morgan fingerprint density at radius 3 is 2.82 bits per heavy atom. The molecule has 0 saturated heterocycles. The van der Waals surface area contributed by atoms with Gasteiger partial charge in [-0.05, 0) is 37.0 Å². The maximum absolute atomic E-state index is 5.88. The van der Waals surface area contributed by atoms with Crippen molar-refractivity contribution in [3.05, 3.63) is 24.0 Å². The molecule has 0 aliphatic heterocycles. The molecule has 0 radical (unpaired) electrons. The zero-order valence-electron chi connectivity index (χ0n) is 10.5. The van der Waals surface area contributed by atoms with Gasteiger partial charge >= 0.3 is 0 Å². The van der Waals surface area contributed by atoms with Crippen molar-refractivity contribution in [1.82, 2.24) is 9.55 Å². The summed E-state index contributed by atoms with van der Waals surface area (Å²) in [6.07, 6.45) is 3.61.